The summed E-state index contributed by atoms with van der Waals surface area (Å²) >= 11 is -2.61. The molecule has 0 aromatic rings. The highest BCUT2D eigenvalue weighted by Crippen LogP contribution is 2.04. The highest BCUT2D eigenvalue weighted by molar-refractivity contribution is 7.74. The van der Waals surface area contributed by atoms with E-state index < -0.39 is 42.4 Å². The molecule has 0 aliphatic carbocycles. The molecule has 0 heterocycles. The lowest BCUT2D eigenvalue weighted by Crippen LogP contribution is -2.46. The van der Waals surface area contributed by atoms with Gasteiger partial charge in [-0.05, 0) is 0 Å². The molecule has 0 saturated carbocycles. The molecular weight excluding hydrogens is 232 g/mol. The number of aliphatic hydroxyl groups excluding tert-OH is 4. The van der Waals surface area contributed by atoms with Crippen molar-refractivity contribution in [2.24, 2.45) is 0 Å². The first-order chi connectivity index (χ1) is 6.90. The van der Waals surface area contributed by atoms with E-state index in [1.54, 1.807) is 0 Å². The fourth-order valence-electron chi connectivity index (χ4n) is 0.737. The zero-order valence-electron chi connectivity index (χ0n) is 7.46. The molecule has 0 aromatic heterocycles. The number of carbonyl (C=O) groups excluding carboxylic acids is 1. The second-order valence-corrected chi connectivity index (χ2v) is 3.35. The molecule has 8 nitrogen and oxygen atoms in total. The molecule has 1 unspecified atom stereocenters. The Hall–Kier alpha value is -0.420. The van der Waals surface area contributed by atoms with E-state index in [-0.39, 0.29) is 6.29 Å². The Labute approximate surface area is 87.6 Å². The maximum atomic E-state index is 10.0. The van der Waals surface area contributed by atoms with Gasteiger partial charge in [0.1, 0.15) is 24.4 Å². The van der Waals surface area contributed by atoms with Crippen LogP contribution in [-0.4, -0.2) is 66.5 Å². The standard InChI is InChI=1S/C6H12O8S/c7-1-3(8)5(10)6(11)4(9)2-14-15(12)13/h1,3-6,8-11H,2H2,(H,12,13)/t3-,4+,5+,6+/m0/s1. The predicted octanol–water partition coefficient (Wildman–Crippen LogP) is -3.22. The van der Waals surface area contributed by atoms with Crippen LogP contribution in [0, 0.1) is 0 Å². The maximum absolute atomic E-state index is 10.0. The lowest BCUT2D eigenvalue weighted by molar-refractivity contribution is -0.135. The number of rotatable bonds is 7. The lowest BCUT2D eigenvalue weighted by atomic mass is 10.0. The molecule has 0 saturated heterocycles. The van der Waals surface area contributed by atoms with Crippen LogP contribution in [0.4, 0.5) is 0 Å². The summed E-state index contributed by atoms with van der Waals surface area (Å²) in [6.07, 6.45) is -7.34. The van der Waals surface area contributed by atoms with Gasteiger partial charge in [-0.25, -0.2) is 0 Å². The van der Waals surface area contributed by atoms with Crippen LogP contribution in [0.15, 0.2) is 0 Å². The molecule has 5 atom stereocenters. The summed E-state index contributed by atoms with van der Waals surface area (Å²) in [5.41, 5.74) is 0. The van der Waals surface area contributed by atoms with Gasteiger partial charge in [0.2, 0.25) is 0 Å². The van der Waals surface area contributed by atoms with E-state index in [9.17, 15) is 9.00 Å². The molecule has 5 N–H and O–H groups in total. The smallest absolute Gasteiger partial charge is 0.301 e. The van der Waals surface area contributed by atoms with Gasteiger partial charge in [0.15, 0.2) is 6.29 Å². The van der Waals surface area contributed by atoms with Crippen molar-refractivity contribution in [1.82, 2.24) is 0 Å². The predicted molar refractivity (Wildman–Crippen MR) is 46.8 cm³/mol. The third kappa shape index (κ3) is 5.28. The zero-order valence-corrected chi connectivity index (χ0v) is 8.28. The highest BCUT2D eigenvalue weighted by atomic mass is 32.2. The van der Waals surface area contributed by atoms with Gasteiger partial charge in [0, 0.05) is 0 Å². The fraction of sp³-hybridized carbons (Fsp3) is 0.833. The van der Waals surface area contributed by atoms with E-state index in [1.807, 2.05) is 0 Å². The fourth-order valence-corrected chi connectivity index (χ4v) is 0.992. The Morgan fingerprint density at radius 2 is 1.73 bits per heavy atom. The monoisotopic (exact) mass is 244 g/mol. The first-order valence-corrected chi connectivity index (χ1v) is 4.85. The largest absolute Gasteiger partial charge is 0.388 e. The van der Waals surface area contributed by atoms with E-state index in [0.717, 1.165) is 0 Å². The summed E-state index contributed by atoms with van der Waals surface area (Å²) < 4.78 is 22.2. The van der Waals surface area contributed by atoms with E-state index in [4.69, 9.17) is 25.0 Å². The molecule has 0 amide bonds. The molecule has 0 radical (unpaired) electrons. The van der Waals surface area contributed by atoms with Crippen LogP contribution < -0.4 is 0 Å². The van der Waals surface area contributed by atoms with Crippen LogP contribution in [-0.2, 0) is 20.3 Å². The third-order valence-corrected chi connectivity index (χ3v) is 1.91. The summed E-state index contributed by atoms with van der Waals surface area (Å²) in [5, 5.41) is 36.0. The molecule has 0 rings (SSSR count). The summed E-state index contributed by atoms with van der Waals surface area (Å²) in [7, 11) is 0. The third-order valence-electron chi connectivity index (χ3n) is 1.57. The topological polar surface area (TPSA) is 145 Å². The molecular formula is C6H12O8S. The Bertz CT molecular complexity index is 221. The Morgan fingerprint density at radius 1 is 1.20 bits per heavy atom. The molecule has 0 spiro atoms. The van der Waals surface area contributed by atoms with Crippen LogP contribution in [0.5, 0.6) is 0 Å². The van der Waals surface area contributed by atoms with Crippen LogP contribution in [0.3, 0.4) is 0 Å². The van der Waals surface area contributed by atoms with E-state index in [1.165, 1.54) is 0 Å². The quantitative estimate of drug-likeness (QED) is 0.232. The summed E-state index contributed by atoms with van der Waals surface area (Å²) in [6.45, 7) is -0.729. The summed E-state index contributed by atoms with van der Waals surface area (Å²) in [5.74, 6) is 0. The number of aliphatic hydroxyl groups is 4. The van der Waals surface area contributed by atoms with Gasteiger partial charge in [-0.2, -0.15) is 4.21 Å². The van der Waals surface area contributed by atoms with Crippen molar-refractivity contribution in [2.45, 2.75) is 24.4 Å². The van der Waals surface area contributed by atoms with Gasteiger partial charge in [-0.15, -0.1) is 0 Å². The van der Waals surface area contributed by atoms with Crippen molar-refractivity contribution >= 4 is 17.6 Å². The van der Waals surface area contributed by atoms with Crippen LogP contribution >= 0.6 is 0 Å². The molecule has 0 aliphatic heterocycles. The zero-order chi connectivity index (χ0) is 12.0. The number of carbonyl (C=O) groups is 1. The van der Waals surface area contributed by atoms with Crippen molar-refractivity contribution in [3.63, 3.8) is 0 Å². The van der Waals surface area contributed by atoms with Crippen molar-refractivity contribution in [3.05, 3.63) is 0 Å². The molecule has 0 fully saturated rings. The maximum Gasteiger partial charge on any atom is 0.301 e. The molecule has 0 aromatic carbocycles. The minimum absolute atomic E-state index is 0.0222. The first-order valence-electron chi connectivity index (χ1n) is 3.81. The normalized spacial score (nSPS) is 21.4. The van der Waals surface area contributed by atoms with Gasteiger partial charge >= 0.3 is 11.4 Å². The molecule has 15 heavy (non-hydrogen) atoms. The Morgan fingerprint density at radius 3 is 2.13 bits per heavy atom. The Balaban J connectivity index is 4.11. The average molecular weight is 244 g/mol. The van der Waals surface area contributed by atoms with Crippen LogP contribution in [0.1, 0.15) is 0 Å². The number of hydrogen-bond donors (Lipinski definition) is 5. The first kappa shape index (κ1) is 14.6. The van der Waals surface area contributed by atoms with Crippen LogP contribution in [0.25, 0.3) is 0 Å². The van der Waals surface area contributed by atoms with E-state index >= 15 is 0 Å². The Kier molecular flexibility index (Phi) is 6.76. The van der Waals surface area contributed by atoms with Crippen molar-refractivity contribution in [2.75, 3.05) is 6.61 Å². The number of aldehydes is 1. The van der Waals surface area contributed by atoms with Crippen molar-refractivity contribution in [3.8, 4) is 0 Å². The molecule has 90 valence electrons. The van der Waals surface area contributed by atoms with Gasteiger partial charge in [0.05, 0.1) is 6.61 Å². The highest BCUT2D eigenvalue weighted by Gasteiger charge is 2.30. The second kappa shape index (κ2) is 6.95. The summed E-state index contributed by atoms with van der Waals surface area (Å²) in [6, 6.07) is 0. The van der Waals surface area contributed by atoms with Gasteiger partial charge < -0.3 is 25.2 Å². The molecule has 0 bridgehead atoms. The average Bonchev–Trinajstić information content (AvgIpc) is 2.22. The molecule has 9 heteroatoms. The van der Waals surface area contributed by atoms with Gasteiger partial charge in [-0.1, -0.05) is 0 Å². The van der Waals surface area contributed by atoms with Crippen LogP contribution in [0.2, 0.25) is 0 Å². The van der Waals surface area contributed by atoms with Gasteiger partial charge in [-0.3, -0.25) is 8.74 Å². The lowest BCUT2D eigenvalue weighted by Gasteiger charge is -2.23. The van der Waals surface area contributed by atoms with Crippen molar-refractivity contribution < 1.29 is 38.2 Å². The minimum Gasteiger partial charge on any atom is -0.388 e. The molecule has 0 aliphatic rings. The van der Waals surface area contributed by atoms with Gasteiger partial charge in [0.25, 0.3) is 0 Å². The van der Waals surface area contributed by atoms with E-state index in [2.05, 4.69) is 4.18 Å². The second-order valence-electron chi connectivity index (χ2n) is 2.68. The number of hydrogen-bond acceptors (Lipinski definition) is 7. The van der Waals surface area contributed by atoms with E-state index in [0.29, 0.717) is 0 Å². The summed E-state index contributed by atoms with van der Waals surface area (Å²) in [4.78, 5) is 10.0. The SMILES string of the molecule is O=C[C@H](O)[C@@H](O)[C@H](O)[C@H](O)COS(=O)O. The van der Waals surface area contributed by atoms with Crippen molar-refractivity contribution in [1.29, 1.82) is 0 Å². The minimum atomic E-state index is -2.61.